The highest BCUT2D eigenvalue weighted by Gasteiger charge is 2.48. The molecule has 0 bridgehead atoms. The zero-order chi connectivity index (χ0) is 12.4. The van der Waals surface area contributed by atoms with E-state index in [0.717, 1.165) is 5.17 Å². The van der Waals surface area contributed by atoms with Gasteiger partial charge in [0.2, 0.25) is 0 Å². The molecule has 1 aliphatic carbocycles. The third-order valence-corrected chi connectivity index (χ3v) is 4.61. The van der Waals surface area contributed by atoms with Gasteiger partial charge < -0.3 is 15.5 Å². The second-order valence-corrected chi connectivity index (χ2v) is 5.60. The first-order valence-electron chi connectivity index (χ1n) is 5.80. The monoisotopic (exact) mass is 259 g/mol. The van der Waals surface area contributed by atoms with Crippen molar-refractivity contribution >= 4 is 16.9 Å². The summed E-state index contributed by atoms with van der Waals surface area (Å²) >= 11 is 1.58. The molecule has 17 heavy (non-hydrogen) atoms. The number of thioether (sulfide) groups is 1. The molecule has 0 amide bonds. The Morgan fingerprint density at radius 1 is 1.59 bits per heavy atom. The largest absolute Gasteiger partial charge is 0.396 e. The molecule has 3 N–H and O–H groups in total. The van der Waals surface area contributed by atoms with E-state index in [2.05, 4.69) is 15.5 Å². The van der Waals surface area contributed by atoms with Crippen molar-refractivity contribution in [2.75, 3.05) is 13.2 Å². The Labute approximate surface area is 104 Å². The molecular weight excluding hydrogens is 242 g/mol. The van der Waals surface area contributed by atoms with Crippen LogP contribution in [0.15, 0.2) is 10.2 Å². The van der Waals surface area contributed by atoms with Crippen LogP contribution in [0.2, 0.25) is 0 Å². The van der Waals surface area contributed by atoms with Crippen molar-refractivity contribution in [3.8, 4) is 0 Å². The van der Waals surface area contributed by atoms with E-state index < -0.39 is 12.1 Å². The summed E-state index contributed by atoms with van der Waals surface area (Å²) < 4.78 is 0. The Hall–Kier alpha value is -0.660. The van der Waals surface area contributed by atoms with E-state index in [-0.39, 0.29) is 23.8 Å². The zero-order valence-electron chi connectivity index (χ0n) is 9.61. The Bertz CT molecular complexity index is 326. The van der Waals surface area contributed by atoms with Crippen molar-refractivity contribution in [2.45, 2.75) is 36.8 Å². The molecule has 7 heteroatoms. The minimum Gasteiger partial charge on any atom is -0.396 e. The quantitative estimate of drug-likeness (QED) is 0.617. The number of hydrogen-bond donors (Lipinski definition) is 3. The summed E-state index contributed by atoms with van der Waals surface area (Å²) in [5.41, 5.74) is 0. The van der Waals surface area contributed by atoms with Crippen LogP contribution in [-0.2, 0) is 0 Å². The Balaban J connectivity index is 2.14. The molecule has 1 saturated carbocycles. The fourth-order valence-corrected chi connectivity index (χ4v) is 3.89. The van der Waals surface area contributed by atoms with Crippen LogP contribution in [0.5, 0.6) is 0 Å². The number of hydrogen-bond acceptors (Lipinski definition) is 6. The molecule has 1 aliphatic heterocycles. The van der Waals surface area contributed by atoms with Gasteiger partial charge in [-0.2, -0.15) is 4.91 Å². The highest BCUT2D eigenvalue weighted by Crippen LogP contribution is 2.38. The number of amidine groups is 1. The maximum atomic E-state index is 10.7. The number of nitrogens with one attached hydrogen (secondary N) is 1. The normalized spacial score (nSPS) is 43.2. The zero-order valence-corrected chi connectivity index (χ0v) is 10.4. The lowest BCUT2D eigenvalue weighted by Crippen LogP contribution is -2.55. The first kappa shape index (κ1) is 12.8. The predicted molar refractivity (Wildman–Crippen MR) is 67.1 cm³/mol. The number of aliphatic hydroxyl groups excluding tert-OH is 2. The van der Waals surface area contributed by atoms with E-state index in [1.807, 2.05) is 6.92 Å². The van der Waals surface area contributed by atoms with Crippen LogP contribution < -0.4 is 5.32 Å². The molecule has 1 heterocycles. The van der Waals surface area contributed by atoms with Crippen molar-refractivity contribution in [2.24, 2.45) is 16.1 Å². The maximum Gasteiger partial charge on any atom is 0.157 e. The fraction of sp³-hybridized carbons (Fsp3) is 0.900. The standard InChI is InChI=1S/C10H17N3O3S/c1-2-11-10-12-8-6(17-10)3-5(4-14)7(13-16)9(8)15/h5-9,14-15H,2-4H2,1H3,(H,11,12)/t5-,6+,7-,8?,9+/m0/s1. The molecule has 5 atom stereocenters. The van der Waals surface area contributed by atoms with E-state index in [4.69, 9.17) is 0 Å². The number of nitrogens with zero attached hydrogens (tertiary/aromatic N) is 2. The summed E-state index contributed by atoms with van der Waals surface area (Å²) in [4.78, 5) is 15.0. The number of rotatable bonds is 3. The summed E-state index contributed by atoms with van der Waals surface area (Å²) in [6, 6.07) is -0.911. The Morgan fingerprint density at radius 2 is 2.35 bits per heavy atom. The molecule has 2 aliphatic rings. The number of aliphatic hydroxyl groups is 2. The smallest absolute Gasteiger partial charge is 0.157 e. The topological polar surface area (TPSA) is 94.3 Å². The summed E-state index contributed by atoms with van der Waals surface area (Å²) in [5, 5.41) is 26.4. The van der Waals surface area contributed by atoms with Crippen LogP contribution in [0, 0.1) is 10.8 Å². The first-order valence-corrected chi connectivity index (χ1v) is 6.68. The molecule has 96 valence electrons. The van der Waals surface area contributed by atoms with Gasteiger partial charge in [0.15, 0.2) is 5.17 Å². The molecule has 1 unspecified atom stereocenters. The summed E-state index contributed by atoms with van der Waals surface area (Å²) in [6.07, 6.45) is -0.171. The summed E-state index contributed by atoms with van der Waals surface area (Å²) in [7, 11) is 0. The molecule has 0 radical (unpaired) electrons. The lowest BCUT2D eigenvalue weighted by atomic mass is 9.80. The second kappa shape index (κ2) is 5.32. The average molecular weight is 259 g/mol. The van der Waals surface area contributed by atoms with Gasteiger partial charge >= 0.3 is 0 Å². The Morgan fingerprint density at radius 3 is 2.94 bits per heavy atom. The maximum absolute atomic E-state index is 10.7. The third-order valence-electron chi connectivity index (χ3n) is 3.35. The second-order valence-electron chi connectivity index (χ2n) is 4.37. The lowest BCUT2D eigenvalue weighted by Gasteiger charge is -2.37. The molecule has 0 spiro atoms. The molecule has 6 nitrogen and oxygen atoms in total. The number of nitroso groups, excluding NO2 is 1. The van der Waals surface area contributed by atoms with E-state index in [1.54, 1.807) is 11.8 Å². The van der Waals surface area contributed by atoms with Gasteiger partial charge in [-0.15, -0.1) is 0 Å². The van der Waals surface area contributed by atoms with Crippen molar-refractivity contribution in [1.29, 1.82) is 0 Å². The van der Waals surface area contributed by atoms with Gasteiger partial charge in [-0.25, -0.2) is 0 Å². The van der Waals surface area contributed by atoms with Gasteiger partial charge in [0.25, 0.3) is 0 Å². The van der Waals surface area contributed by atoms with E-state index in [9.17, 15) is 15.1 Å². The highest BCUT2D eigenvalue weighted by atomic mass is 32.2. The van der Waals surface area contributed by atoms with Gasteiger partial charge in [-0.3, -0.25) is 4.99 Å². The molecule has 0 aromatic heterocycles. The van der Waals surface area contributed by atoms with Crippen molar-refractivity contribution in [3.05, 3.63) is 4.91 Å². The predicted octanol–water partition coefficient (Wildman–Crippen LogP) is -0.0560. The van der Waals surface area contributed by atoms with Gasteiger partial charge in [0.05, 0.1) is 6.04 Å². The average Bonchev–Trinajstić information content (AvgIpc) is 2.72. The highest BCUT2D eigenvalue weighted by molar-refractivity contribution is 8.14. The van der Waals surface area contributed by atoms with E-state index in [0.29, 0.717) is 13.0 Å². The van der Waals surface area contributed by atoms with Crippen LogP contribution in [0.1, 0.15) is 13.3 Å². The van der Waals surface area contributed by atoms with Crippen molar-refractivity contribution in [1.82, 2.24) is 5.32 Å². The minimum atomic E-state index is -0.847. The SMILES string of the molecule is CCN=C1NC2[C@@H](C[C@@H](CO)[C@H](N=O)[C@H]2O)S1. The van der Waals surface area contributed by atoms with Crippen molar-refractivity contribution in [3.63, 3.8) is 0 Å². The van der Waals surface area contributed by atoms with Crippen LogP contribution in [0.4, 0.5) is 0 Å². The fourth-order valence-electron chi connectivity index (χ4n) is 2.47. The molecule has 0 aromatic rings. The van der Waals surface area contributed by atoms with E-state index >= 15 is 0 Å². The van der Waals surface area contributed by atoms with Crippen LogP contribution >= 0.6 is 11.8 Å². The van der Waals surface area contributed by atoms with Gasteiger partial charge in [0.1, 0.15) is 12.1 Å². The van der Waals surface area contributed by atoms with Crippen LogP contribution in [-0.4, -0.2) is 52.0 Å². The van der Waals surface area contributed by atoms with E-state index in [1.165, 1.54) is 0 Å². The minimum absolute atomic E-state index is 0.114. The van der Waals surface area contributed by atoms with Gasteiger partial charge in [-0.05, 0) is 13.3 Å². The summed E-state index contributed by atoms with van der Waals surface area (Å²) in [6.45, 7) is 2.51. The van der Waals surface area contributed by atoms with Crippen LogP contribution in [0.3, 0.4) is 0 Å². The third kappa shape index (κ3) is 2.31. The number of aliphatic imine (C=N–C) groups is 1. The van der Waals surface area contributed by atoms with Gasteiger partial charge in [0, 0.05) is 24.3 Å². The van der Waals surface area contributed by atoms with Crippen LogP contribution in [0.25, 0.3) is 0 Å². The molecule has 2 rings (SSSR count). The molecule has 2 fully saturated rings. The number of fused-ring (bicyclic) bond motifs is 1. The lowest BCUT2D eigenvalue weighted by molar-refractivity contribution is 0.0369. The Kier molecular flexibility index (Phi) is 4.01. The first-order chi connectivity index (χ1) is 8.21. The molecule has 0 aromatic carbocycles. The molecular formula is C10H17N3O3S. The van der Waals surface area contributed by atoms with Gasteiger partial charge in [-0.1, -0.05) is 16.9 Å². The molecule has 1 saturated heterocycles. The summed E-state index contributed by atoms with van der Waals surface area (Å²) in [5.74, 6) is -0.251. The van der Waals surface area contributed by atoms with Crippen molar-refractivity contribution < 1.29 is 10.2 Å².